The summed E-state index contributed by atoms with van der Waals surface area (Å²) in [7, 11) is 1.87. The van der Waals surface area contributed by atoms with E-state index in [4.69, 9.17) is 26.0 Å². The maximum Gasteiger partial charge on any atom is 0.324 e. The molecule has 0 aromatic carbocycles. The molecule has 1 heterocycles. The summed E-state index contributed by atoms with van der Waals surface area (Å²) < 4.78 is 19.5. The highest BCUT2D eigenvalue weighted by atomic mass is 35.5. The second kappa shape index (κ2) is 10.3. The molecule has 6 aliphatic rings. The first kappa shape index (κ1) is 33.5. The van der Waals surface area contributed by atoms with E-state index in [1.165, 1.54) is 6.42 Å². The van der Waals surface area contributed by atoms with Gasteiger partial charge in [0.2, 0.25) is 0 Å². The summed E-state index contributed by atoms with van der Waals surface area (Å²) in [6, 6.07) is -0.535. The summed E-state index contributed by atoms with van der Waals surface area (Å²) in [6.45, 7) is 19.4. The van der Waals surface area contributed by atoms with Crippen LogP contribution in [-0.2, 0) is 19.0 Å². The first-order valence-corrected chi connectivity index (χ1v) is 17.8. The Balaban J connectivity index is 1.30. The van der Waals surface area contributed by atoms with Gasteiger partial charge >= 0.3 is 5.97 Å². The van der Waals surface area contributed by atoms with Crippen molar-refractivity contribution in [2.24, 2.45) is 50.7 Å². The highest BCUT2D eigenvalue weighted by Gasteiger charge is 2.85. The fraction of sp³-hybridized carbons (Fsp3) is 0.972. The van der Waals surface area contributed by atoms with Gasteiger partial charge in [0.25, 0.3) is 0 Å². The van der Waals surface area contributed by atoms with E-state index >= 15 is 0 Å². The Morgan fingerprint density at radius 2 is 1.68 bits per heavy atom. The molecule has 7 nitrogen and oxygen atoms in total. The number of fused-ring (bicyclic) bond motifs is 2. The Bertz CT molecular complexity index is 1160. The number of hydrogen-bond acceptors (Lipinski definition) is 7. The van der Waals surface area contributed by atoms with Crippen LogP contribution in [0, 0.1) is 50.7 Å². The van der Waals surface area contributed by atoms with E-state index in [1.807, 2.05) is 34.8 Å². The van der Waals surface area contributed by atoms with Gasteiger partial charge in [-0.05, 0) is 130 Å². The molecule has 5 aliphatic carbocycles. The van der Waals surface area contributed by atoms with Crippen molar-refractivity contribution in [3.8, 4) is 0 Å². The number of halogens is 1. The molecule has 0 radical (unpaired) electrons. The molecule has 44 heavy (non-hydrogen) atoms. The lowest BCUT2D eigenvalue weighted by molar-refractivity contribution is -0.222. The molecule has 6 rings (SSSR count). The standard InChI is InChI=1S/C36H60ClNO6/c1-20(2)26(38-37)29(40)43-24-12-14-36-19-35(36)16-15-32(7)27(34(9)13-11-25(44-34)31(5,6)41)21(39)18-33(32,8)23(35)17-22(42-10)28(36)30(24,3)4/h20-28,38-39,41H,11-19H2,1-10H3/t21-,22-,23?,24-,25-,26+,27-,28-,32+,33-,34+,35?,36+/m0/s1. The zero-order chi connectivity index (χ0) is 32.5. The molecule has 6 fully saturated rings. The van der Waals surface area contributed by atoms with Crippen LogP contribution in [0.4, 0.5) is 0 Å². The van der Waals surface area contributed by atoms with Crippen LogP contribution in [0.5, 0.6) is 0 Å². The lowest BCUT2D eigenvalue weighted by Crippen LogP contribution is -2.63. The van der Waals surface area contributed by atoms with Crippen LogP contribution in [-0.4, -0.2) is 65.0 Å². The van der Waals surface area contributed by atoms with Gasteiger partial charge in [-0.2, -0.15) is 0 Å². The maximum absolute atomic E-state index is 13.2. The van der Waals surface area contributed by atoms with E-state index < -0.39 is 23.3 Å². The molecular formula is C36H60ClNO6. The number of aliphatic hydroxyl groups is 2. The van der Waals surface area contributed by atoms with E-state index in [1.54, 1.807) is 0 Å². The third-order valence-electron chi connectivity index (χ3n) is 15.3. The third-order valence-corrected chi connectivity index (χ3v) is 15.5. The molecule has 2 unspecified atom stereocenters. The van der Waals surface area contributed by atoms with Gasteiger partial charge in [-0.1, -0.05) is 41.5 Å². The van der Waals surface area contributed by atoms with Crippen LogP contribution >= 0.6 is 11.8 Å². The van der Waals surface area contributed by atoms with Gasteiger partial charge in [0.1, 0.15) is 12.1 Å². The number of esters is 1. The minimum absolute atomic E-state index is 0.0224. The molecule has 0 amide bonds. The Hall–Kier alpha value is -0.440. The van der Waals surface area contributed by atoms with Crippen molar-refractivity contribution in [1.29, 1.82) is 0 Å². The SMILES string of the molecule is CO[C@H]1CC2C3(CC[C@]4(C)[C@@H]([C@@]5(C)CC[C@@H](C(C)(C)O)O5)[C@@H](O)C[C@@]24C)C[C@@]32CC[C@H](OC(=O)[C@H](NCl)C(C)C)C(C)(C)[C@H]12. The van der Waals surface area contributed by atoms with Crippen LogP contribution in [0.15, 0.2) is 0 Å². The summed E-state index contributed by atoms with van der Waals surface area (Å²) in [4.78, 5) is 15.9. The molecular weight excluding hydrogens is 578 g/mol. The van der Waals surface area contributed by atoms with Crippen LogP contribution in [0.25, 0.3) is 0 Å². The first-order valence-electron chi connectivity index (χ1n) is 17.5. The number of nitrogens with one attached hydrogen (secondary N) is 1. The van der Waals surface area contributed by atoms with Gasteiger partial charge in [-0.25, -0.2) is 4.84 Å². The van der Waals surface area contributed by atoms with Gasteiger partial charge in [0.05, 0.1) is 29.5 Å². The largest absolute Gasteiger partial charge is 0.461 e. The molecule has 3 N–H and O–H groups in total. The number of rotatable bonds is 7. The van der Waals surface area contributed by atoms with Gasteiger partial charge in [0, 0.05) is 18.4 Å². The molecule has 0 aromatic rings. The Morgan fingerprint density at radius 1 is 1.00 bits per heavy atom. The maximum atomic E-state index is 13.2. The number of ether oxygens (including phenoxy) is 3. The molecule has 2 spiro atoms. The summed E-state index contributed by atoms with van der Waals surface area (Å²) in [5, 5.41) is 22.8. The third kappa shape index (κ3) is 4.27. The van der Waals surface area contributed by atoms with Crippen molar-refractivity contribution < 1.29 is 29.2 Å². The lowest BCUT2D eigenvalue weighted by Gasteiger charge is -2.65. The van der Waals surface area contributed by atoms with Crippen LogP contribution in [0.3, 0.4) is 0 Å². The highest BCUT2D eigenvalue weighted by molar-refractivity contribution is 6.14. The molecule has 252 valence electrons. The van der Waals surface area contributed by atoms with Crippen molar-refractivity contribution in [2.45, 2.75) is 162 Å². The van der Waals surface area contributed by atoms with Crippen LogP contribution in [0.1, 0.15) is 120 Å². The van der Waals surface area contributed by atoms with Gasteiger partial charge in [0.15, 0.2) is 0 Å². The molecule has 0 aromatic heterocycles. The zero-order valence-corrected chi connectivity index (χ0v) is 29.7. The van der Waals surface area contributed by atoms with Crippen LogP contribution in [0.2, 0.25) is 0 Å². The number of aliphatic hydroxyl groups excluding tert-OH is 1. The first-order chi connectivity index (χ1) is 20.3. The minimum Gasteiger partial charge on any atom is -0.461 e. The van der Waals surface area contributed by atoms with E-state index in [0.29, 0.717) is 11.8 Å². The molecule has 0 bridgehead atoms. The second-order valence-electron chi connectivity index (χ2n) is 18.3. The quantitative estimate of drug-likeness (QED) is 0.219. The minimum atomic E-state index is -0.900. The molecule has 13 atom stereocenters. The summed E-state index contributed by atoms with van der Waals surface area (Å²) in [5.41, 5.74) is -1.34. The van der Waals surface area contributed by atoms with E-state index in [2.05, 4.69) is 39.5 Å². The summed E-state index contributed by atoms with van der Waals surface area (Å²) in [5.74, 6) is 0.535. The number of methoxy groups -OCH3 is 1. The normalized spacial score (nSPS) is 51.6. The van der Waals surface area contributed by atoms with Crippen molar-refractivity contribution >= 4 is 17.7 Å². The predicted molar refractivity (Wildman–Crippen MR) is 171 cm³/mol. The molecule has 8 heteroatoms. The highest BCUT2D eigenvalue weighted by Crippen LogP contribution is 2.89. The Morgan fingerprint density at radius 3 is 2.25 bits per heavy atom. The molecule has 5 saturated carbocycles. The number of carbonyl (C=O) groups is 1. The lowest BCUT2D eigenvalue weighted by atomic mass is 9.41. The van der Waals surface area contributed by atoms with E-state index in [0.717, 1.165) is 51.4 Å². The van der Waals surface area contributed by atoms with Crippen molar-refractivity contribution in [1.82, 2.24) is 4.84 Å². The molecule has 1 aliphatic heterocycles. The van der Waals surface area contributed by atoms with E-state index in [-0.39, 0.29) is 63.2 Å². The predicted octanol–water partition coefficient (Wildman–Crippen LogP) is 6.41. The van der Waals surface area contributed by atoms with Crippen molar-refractivity contribution in [2.75, 3.05) is 7.11 Å². The smallest absolute Gasteiger partial charge is 0.324 e. The molecule has 1 saturated heterocycles. The van der Waals surface area contributed by atoms with Gasteiger partial charge in [-0.15, -0.1) is 0 Å². The van der Waals surface area contributed by atoms with Crippen molar-refractivity contribution in [3.05, 3.63) is 0 Å². The van der Waals surface area contributed by atoms with Crippen LogP contribution < -0.4 is 4.84 Å². The fourth-order valence-corrected chi connectivity index (χ4v) is 13.5. The Labute approximate surface area is 271 Å². The number of carbonyl (C=O) groups excluding carboxylic acids is 1. The van der Waals surface area contributed by atoms with Crippen molar-refractivity contribution in [3.63, 3.8) is 0 Å². The Kier molecular flexibility index (Phi) is 7.82. The average Bonchev–Trinajstić information content (AvgIpc) is 3.28. The van der Waals surface area contributed by atoms with E-state index in [9.17, 15) is 15.0 Å². The average molecular weight is 638 g/mol. The summed E-state index contributed by atoms with van der Waals surface area (Å²) in [6.07, 6.45) is 8.02. The monoisotopic (exact) mass is 637 g/mol. The number of hydrogen-bond donors (Lipinski definition) is 3. The second-order valence-corrected chi connectivity index (χ2v) is 18.6. The zero-order valence-electron chi connectivity index (χ0n) is 29.0. The van der Waals surface area contributed by atoms with Gasteiger partial charge < -0.3 is 24.4 Å². The fourth-order valence-electron chi connectivity index (χ4n) is 13.2. The van der Waals surface area contributed by atoms with Gasteiger partial charge in [-0.3, -0.25) is 4.79 Å². The summed E-state index contributed by atoms with van der Waals surface area (Å²) >= 11 is 5.97. The topological polar surface area (TPSA) is 97.2 Å².